The normalized spacial score (nSPS) is 12.5. The zero-order valence-electron chi connectivity index (χ0n) is 19.7. The van der Waals surface area contributed by atoms with Gasteiger partial charge in [-0.3, -0.25) is 4.52 Å². The van der Waals surface area contributed by atoms with Crippen LogP contribution in [-0.2, 0) is 6.18 Å². The SMILES string of the molecule is CC(C)[n+]1cc(/N=C(\[O-])c2sc3nc(-c4ccccc4)cc(-c4ccc(C(F)(F)F)cc4)c3c2N)on1. The summed E-state index contributed by atoms with van der Waals surface area (Å²) in [5, 5.41) is 17.4. The second kappa shape index (κ2) is 9.32. The van der Waals surface area contributed by atoms with Crippen LogP contribution in [0.1, 0.15) is 30.3 Å². The van der Waals surface area contributed by atoms with Gasteiger partial charge >= 0.3 is 12.1 Å². The summed E-state index contributed by atoms with van der Waals surface area (Å²) in [7, 11) is 0. The molecule has 0 atom stereocenters. The minimum Gasteiger partial charge on any atom is -0.857 e. The number of fused-ring (bicyclic) bond motifs is 1. The first-order valence-corrected chi connectivity index (χ1v) is 12.0. The topological polar surface area (TPSA) is 104 Å². The van der Waals surface area contributed by atoms with Crippen molar-refractivity contribution in [1.82, 2.24) is 10.3 Å². The van der Waals surface area contributed by atoms with Crippen LogP contribution in [0.25, 0.3) is 32.6 Å². The van der Waals surface area contributed by atoms with Crippen LogP contribution in [0.15, 0.2) is 76.4 Å². The van der Waals surface area contributed by atoms with Gasteiger partial charge in [-0.15, -0.1) is 11.3 Å². The van der Waals surface area contributed by atoms with Gasteiger partial charge in [0, 0.05) is 16.8 Å². The lowest BCUT2D eigenvalue weighted by Gasteiger charge is -2.11. The molecule has 5 aromatic rings. The predicted molar refractivity (Wildman–Crippen MR) is 133 cm³/mol. The third-order valence-corrected chi connectivity index (χ3v) is 6.79. The molecule has 0 saturated carbocycles. The maximum absolute atomic E-state index is 13.2. The molecule has 7 nitrogen and oxygen atoms in total. The number of pyridine rings is 1. The average molecular weight is 524 g/mol. The number of nitrogen functional groups attached to an aromatic ring is 1. The number of anilines is 1. The van der Waals surface area contributed by atoms with Crippen molar-refractivity contribution in [3.63, 3.8) is 0 Å². The number of thiophene rings is 1. The molecular weight excluding hydrogens is 503 g/mol. The van der Waals surface area contributed by atoms with Crippen molar-refractivity contribution in [2.75, 3.05) is 5.73 Å². The van der Waals surface area contributed by atoms with Gasteiger partial charge in [-0.1, -0.05) is 42.5 Å². The van der Waals surface area contributed by atoms with Crippen LogP contribution in [0.3, 0.4) is 0 Å². The Hall–Kier alpha value is -4.25. The van der Waals surface area contributed by atoms with Crippen molar-refractivity contribution in [3.8, 4) is 22.4 Å². The van der Waals surface area contributed by atoms with E-state index in [2.05, 4.69) is 10.3 Å². The van der Waals surface area contributed by atoms with E-state index in [-0.39, 0.29) is 22.5 Å². The predicted octanol–water partition coefficient (Wildman–Crippen LogP) is 5.53. The average Bonchev–Trinajstić information content (AvgIpc) is 3.48. The summed E-state index contributed by atoms with van der Waals surface area (Å²) >= 11 is 1.06. The fourth-order valence-electron chi connectivity index (χ4n) is 3.80. The molecule has 11 heteroatoms. The van der Waals surface area contributed by atoms with Gasteiger partial charge in [0.15, 0.2) is 6.04 Å². The minimum absolute atomic E-state index is 0.0177. The van der Waals surface area contributed by atoms with Crippen LogP contribution in [-0.4, -0.2) is 16.2 Å². The first-order valence-electron chi connectivity index (χ1n) is 11.2. The summed E-state index contributed by atoms with van der Waals surface area (Å²) in [6, 6.07) is 15.9. The third-order valence-electron chi connectivity index (χ3n) is 5.70. The number of hydrogen-bond acceptors (Lipinski definition) is 7. The molecule has 0 radical (unpaired) electrons. The minimum atomic E-state index is -4.46. The summed E-state index contributed by atoms with van der Waals surface area (Å²) in [4.78, 5) is 9.32. The Kier molecular flexibility index (Phi) is 6.16. The summed E-state index contributed by atoms with van der Waals surface area (Å²) in [6.07, 6.45) is -2.95. The van der Waals surface area contributed by atoms with Crippen molar-refractivity contribution in [1.29, 1.82) is 0 Å². The molecule has 0 aliphatic heterocycles. The maximum Gasteiger partial charge on any atom is 0.416 e. The number of hydrogen-bond donors (Lipinski definition) is 1. The zero-order chi connectivity index (χ0) is 26.3. The van der Waals surface area contributed by atoms with Gasteiger partial charge < -0.3 is 10.8 Å². The van der Waals surface area contributed by atoms with E-state index in [0.29, 0.717) is 27.0 Å². The Balaban J connectivity index is 1.68. The molecule has 188 valence electrons. The molecular formula is C26H20F3N5O2S. The Morgan fingerprint density at radius 3 is 2.41 bits per heavy atom. The van der Waals surface area contributed by atoms with Crippen molar-refractivity contribution in [2.45, 2.75) is 26.1 Å². The van der Waals surface area contributed by atoms with E-state index in [1.165, 1.54) is 23.0 Å². The Morgan fingerprint density at radius 1 is 1.08 bits per heavy atom. The number of benzene rings is 2. The molecule has 0 unspecified atom stereocenters. The van der Waals surface area contributed by atoms with E-state index in [4.69, 9.17) is 15.2 Å². The quantitative estimate of drug-likeness (QED) is 0.185. The molecule has 0 saturated heterocycles. The molecule has 0 amide bonds. The number of nitrogens with zero attached hydrogens (tertiary/aromatic N) is 4. The van der Waals surface area contributed by atoms with E-state index < -0.39 is 17.6 Å². The third kappa shape index (κ3) is 4.77. The van der Waals surface area contributed by atoms with Crippen molar-refractivity contribution in [3.05, 3.63) is 77.3 Å². The number of rotatable bonds is 5. The molecule has 0 aliphatic rings. The first kappa shape index (κ1) is 24.4. The molecule has 0 bridgehead atoms. The molecule has 0 fully saturated rings. The highest BCUT2D eigenvalue weighted by Crippen LogP contribution is 2.42. The monoisotopic (exact) mass is 523 g/mol. The second-order valence-corrected chi connectivity index (χ2v) is 9.55. The fraction of sp³-hybridized carbons (Fsp3) is 0.154. The molecule has 37 heavy (non-hydrogen) atoms. The highest BCUT2D eigenvalue weighted by molar-refractivity contribution is 7.21. The molecule has 5 rings (SSSR count). The molecule has 0 spiro atoms. The van der Waals surface area contributed by atoms with Gasteiger partial charge in [-0.2, -0.15) is 13.2 Å². The molecule has 3 heterocycles. The van der Waals surface area contributed by atoms with E-state index in [0.717, 1.165) is 29.0 Å². The number of aromatic nitrogens is 3. The Labute approximate surface area is 213 Å². The largest absolute Gasteiger partial charge is 0.857 e. The highest BCUT2D eigenvalue weighted by Gasteiger charge is 2.30. The second-order valence-electron chi connectivity index (χ2n) is 8.55. The van der Waals surface area contributed by atoms with Gasteiger partial charge in [-0.05, 0) is 47.9 Å². The Bertz CT molecular complexity index is 1610. The van der Waals surface area contributed by atoms with Crippen LogP contribution < -0.4 is 15.5 Å². The number of halogens is 3. The standard InChI is InChI=1S/C26H20F3N5O2S/c1-14(2)34-13-20(36-33-34)32-24(35)23-22(30)21-18(15-8-10-17(11-9-15)26(27,28)29)12-19(31-25(21)37-23)16-6-4-3-5-7-16/h3-14H,1-2H3,(H2-,30,32,33,35). The summed E-state index contributed by atoms with van der Waals surface area (Å²) < 4.78 is 46.1. The van der Waals surface area contributed by atoms with Gasteiger partial charge in [0.05, 0.1) is 21.8 Å². The van der Waals surface area contributed by atoms with E-state index in [1.807, 2.05) is 44.2 Å². The van der Waals surface area contributed by atoms with Crippen molar-refractivity contribution < 1.29 is 27.5 Å². The smallest absolute Gasteiger partial charge is 0.416 e. The number of alkyl halides is 3. The molecule has 2 N–H and O–H groups in total. The van der Waals surface area contributed by atoms with E-state index in [9.17, 15) is 18.3 Å². The summed E-state index contributed by atoms with van der Waals surface area (Å²) in [5.74, 6) is -0.608. The lowest BCUT2D eigenvalue weighted by Crippen LogP contribution is -2.36. The van der Waals surface area contributed by atoms with Gasteiger partial charge in [-0.25, -0.2) is 9.98 Å². The van der Waals surface area contributed by atoms with Gasteiger partial charge in [0.1, 0.15) is 4.83 Å². The zero-order valence-corrected chi connectivity index (χ0v) is 20.5. The van der Waals surface area contributed by atoms with Crippen LogP contribution in [0.4, 0.5) is 24.7 Å². The number of aliphatic imine (C=N–C) groups is 1. The fourth-order valence-corrected chi connectivity index (χ4v) is 4.80. The summed E-state index contributed by atoms with van der Waals surface area (Å²) in [6.45, 7) is 3.80. The van der Waals surface area contributed by atoms with Crippen LogP contribution >= 0.6 is 11.3 Å². The lowest BCUT2D eigenvalue weighted by molar-refractivity contribution is -0.779. The molecule has 2 aromatic carbocycles. The maximum atomic E-state index is 13.2. The van der Waals surface area contributed by atoms with Crippen molar-refractivity contribution >= 4 is 39.0 Å². The lowest BCUT2D eigenvalue weighted by atomic mass is 9.98. The van der Waals surface area contributed by atoms with Crippen LogP contribution in [0.5, 0.6) is 0 Å². The van der Waals surface area contributed by atoms with Crippen LogP contribution in [0.2, 0.25) is 0 Å². The molecule has 0 aliphatic carbocycles. The van der Waals surface area contributed by atoms with Crippen LogP contribution in [0, 0.1) is 0 Å². The number of nitrogens with two attached hydrogens (primary N) is 1. The molecule has 3 aromatic heterocycles. The van der Waals surface area contributed by atoms with Gasteiger partial charge in [0.2, 0.25) is 5.27 Å². The highest BCUT2D eigenvalue weighted by atomic mass is 32.1. The van der Waals surface area contributed by atoms with Crippen molar-refractivity contribution in [2.24, 2.45) is 4.99 Å². The first-order chi connectivity index (χ1) is 17.6. The van der Waals surface area contributed by atoms with E-state index in [1.54, 1.807) is 6.07 Å². The van der Waals surface area contributed by atoms with E-state index >= 15 is 0 Å². The summed E-state index contributed by atoms with van der Waals surface area (Å²) in [5.41, 5.74) is 8.28. The van der Waals surface area contributed by atoms with Gasteiger partial charge in [0.25, 0.3) is 6.20 Å². The Morgan fingerprint density at radius 2 is 1.78 bits per heavy atom.